The molecule has 0 radical (unpaired) electrons. The molecular formula is C6H8ClNO3S2. The lowest BCUT2D eigenvalue weighted by Crippen LogP contribution is -2.07. The Morgan fingerprint density at radius 3 is 2.85 bits per heavy atom. The molecule has 0 atom stereocenters. The predicted molar refractivity (Wildman–Crippen MR) is 51.4 cm³/mol. The molecule has 4 nitrogen and oxygen atoms in total. The van der Waals surface area contributed by atoms with Crippen LogP contribution >= 0.6 is 22.9 Å². The monoisotopic (exact) mass is 241 g/mol. The Balaban J connectivity index is 2.53. The summed E-state index contributed by atoms with van der Waals surface area (Å²) in [5, 5.41) is 0. The Bertz CT molecular complexity index is 373. The highest BCUT2D eigenvalue weighted by Gasteiger charge is 2.08. The molecule has 13 heavy (non-hydrogen) atoms. The summed E-state index contributed by atoms with van der Waals surface area (Å²) in [7, 11) is -3.37. The van der Waals surface area contributed by atoms with E-state index < -0.39 is 10.1 Å². The van der Waals surface area contributed by atoms with Gasteiger partial charge in [0.15, 0.2) is 4.47 Å². The van der Waals surface area contributed by atoms with Gasteiger partial charge in [0.1, 0.15) is 6.61 Å². The maximum absolute atomic E-state index is 10.9. The molecule has 1 heterocycles. The molecular weight excluding hydrogens is 234 g/mol. The maximum Gasteiger partial charge on any atom is 0.267 e. The van der Waals surface area contributed by atoms with Gasteiger partial charge in [0.2, 0.25) is 0 Å². The molecule has 1 rings (SSSR count). The summed E-state index contributed by atoms with van der Waals surface area (Å²) >= 11 is 6.75. The second-order valence-corrected chi connectivity index (χ2v) is 5.81. The molecule has 7 heteroatoms. The summed E-state index contributed by atoms with van der Waals surface area (Å²) in [5.41, 5.74) is 0. The Hall–Kier alpha value is -0.170. The first-order valence-electron chi connectivity index (χ1n) is 3.51. The minimum atomic E-state index is -3.37. The van der Waals surface area contributed by atoms with E-state index in [0.717, 1.165) is 0 Å². The average Bonchev–Trinajstić information content (AvgIpc) is 2.48. The number of thiazole rings is 1. The summed E-state index contributed by atoms with van der Waals surface area (Å²) in [6.07, 6.45) is 1.50. The van der Waals surface area contributed by atoms with Crippen LogP contribution in [0.4, 0.5) is 0 Å². The zero-order valence-electron chi connectivity index (χ0n) is 6.86. The maximum atomic E-state index is 10.9. The van der Waals surface area contributed by atoms with E-state index in [9.17, 15) is 8.42 Å². The van der Waals surface area contributed by atoms with E-state index in [0.29, 0.717) is 9.34 Å². The second-order valence-electron chi connectivity index (χ2n) is 2.19. The summed E-state index contributed by atoms with van der Waals surface area (Å²) in [6.45, 7) is 1.54. The Kier molecular flexibility index (Phi) is 3.66. The SMILES string of the molecule is CCS(=O)(=O)OCc1cnc(Cl)s1. The lowest BCUT2D eigenvalue weighted by atomic mass is 10.6. The van der Waals surface area contributed by atoms with Crippen molar-refractivity contribution in [2.45, 2.75) is 13.5 Å². The molecule has 0 N–H and O–H groups in total. The Morgan fingerprint density at radius 1 is 1.69 bits per heavy atom. The third-order valence-electron chi connectivity index (χ3n) is 1.26. The van der Waals surface area contributed by atoms with Gasteiger partial charge in [-0.25, -0.2) is 4.98 Å². The van der Waals surface area contributed by atoms with Crippen molar-refractivity contribution in [3.8, 4) is 0 Å². The fourth-order valence-electron chi connectivity index (χ4n) is 0.582. The van der Waals surface area contributed by atoms with Gasteiger partial charge in [-0.15, -0.1) is 11.3 Å². The van der Waals surface area contributed by atoms with E-state index in [1.165, 1.54) is 24.5 Å². The quantitative estimate of drug-likeness (QED) is 0.753. The van der Waals surface area contributed by atoms with Crippen LogP contribution in [0.15, 0.2) is 6.20 Å². The van der Waals surface area contributed by atoms with Gasteiger partial charge in [0.05, 0.1) is 10.6 Å². The van der Waals surface area contributed by atoms with Crippen molar-refractivity contribution in [2.24, 2.45) is 0 Å². The van der Waals surface area contributed by atoms with Gasteiger partial charge < -0.3 is 0 Å². The van der Waals surface area contributed by atoms with Gasteiger partial charge in [-0.05, 0) is 6.92 Å². The highest BCUT2D eigenvalue weighted by atomic mass is 35.5. The van der Waals surface area contributed by atoms with Crippen LogP contribution in [0.2, 0.25) is 4.47 Å². The van der Waals surface area contributed by atoms with E-state index in [2.05, 4.69) is 9.17 Å². The van der Waals surface area contributed by atoms with E-state index in [1.807, 2.05) is 0 Å². The highest BCUT2D eigenvalue weighted by Crippen LogP contribution is 2.18. The van der Waals surface area contributed by atoms with Gasteiger partial charge in [-0.1, -0.05) is 11.6 Å². The second kappa shape index (κ2) is 4.36. The number of nitrogens with zero attached hydrogens (tertiary/aromatic N) is 1. The molecule has 1 aromatic heterocycles. The van der Waals surface area contributed by atoms with Gasteiger partial charge in [0, 0.05) is 6.20 Å². The lowest BCUT2D eigenvalue weighted by Gasteiger charge is -1.99. The molecule has 0 fully saturated rings. The molecule has 0 aromatic carbocycles. The van der Waals surface area contributed by atoms with E-state index >= 15 is 0 Å². The molecule has 0 saturated carbocycles. The molecule has 0 amide bonds. The van der Waals surface area contributed by atoms with Crippen LogP contribution in [0.3, 0.4) is 0 Å². The van der Waals surface area contributed by atoms with Crippen LogP contribution in [0.1, 0.15) is 11.8 Å². The number of hydrogen-bond donors (Lipinski definition) is 0. The molecule has 0 bridgehead atoms. The van der Waals surface area contributed by atoms with Crippen LogP contribution in [0, 0.1) is 0 Å². The number of hydrogen-bond acceptors (Lipinski definition) is 5. The van der Waals surface area contributed by atoms with E-state index in [4.69, 9.17) is 11.6 Å². The largest absolute Gasteiger partial charge is 0.267 e. The van der Waals surface area contributed by atoms with Crippen LogP contribution in [-0.2, 0) is 20.9 Å². The van der Waals surface area contributed by atoms with Crippen molar-refractivity contribution in [2.75, 3.05) is 5.75 Å². The zero-order chi connectivity index (χ0) is 9.90. The van der Waals surface area contributed by atoms with E-state index in [1.54, 1.807) is 0 Å². The van der Waals surface area contributed by atoms with Gasteiger partial charge in [-0.2, -0.15) is 8.42 Å². The van der Waals surface area contributed by atoms with Gasteiger partial charge in [-0.3, -0.25) is 4.18 Å². The first-order chi connectivity index (χ1) is 6.03. The van der Waals surface area contributed by atoms with Gasteiger partial charge >= 0.3 is 0 Å². The topological polar surface area (TPSA) is 56.3 Å². The molecule has 74 valence electrons. The number of aromatic nitrogens is 1. The van der Waals surface area contributed by atoms with Crippen molar-refractivity contribution in [1.29, 1.82) is 0 Å². The Labute approximate surface area is 85.6 Å². The Morgan fingerprint density at radius 2 is 2.38 bits per heavy atom. The van der Waals surface area contributed by atoms with Crippen LogP contribution < -0.4 is 0 Å². The highest BCUT2D eigenvalue weighted by molar-refractivity contribution is 7.86. The van der Waals surface area contributed by atoms with Crippen molar-refractivity contribution >= 4 is 33.1 Å². The molecule has 0 aliphatic rings. The molecule has 0 spiro atoms. The lowest BCUT2D eigenvalue weighted by molar-refractivity contribution is 0.312. The van der Waals surface area contributed by atoms with Crippen LogP contribution in [-0.4, -0.2) is 19.2 Å². The molecule has 0 aliphatic heterocycles. The fraction of sp³-hybridized carbons (Fsp3) is 0.500. The van der Waals surface area contributed by atoms with Crippen LogP contribution in [0.25, 0.3) is 0 Å². The summed E-state index contributed by atoms with van der Waals surface area (Å²) in [5.74, 6) is -0.0282. The normalized spacial score (nSPS) is 11.8. The van der Waals surface area contributed by atoms with Crippen LogP contribution in [0.5, 0.6) is 0 Å². The first-order valence-corrected chi connectivity index (χ1v) is 6.28. The molecule has 1 aromatic rings. The van der Waals surface area contributed by atoms with Gasteiger partial charge in [0.25, 0.3) is 10.1 Å². The number of halogens is 1. The standard InChI is InChI=1S/C6H8ClNO3S2/c1-2-13(9,10)11-4-5-3-8-6(7)12-5/h3H,2,4H2,1H3. The molecule has 0 aliphatic carbocycles. The number of rotatable bonds is 4. The predicted octanol–water partition coefficient (Wildman–Crippen LogP) is 1.66. The van der Waals surface area contributed by atoms with Crippen molar-refractivity contribution in [3.63, 3.8) is 0 Å². The molecule has 0 unspecified atom stereocenters. The molecule has 0 saturated heterocycles. The third kappa shape index (κ3) is 3.60. The smallest absolute Gasteiger partial charge is 0.264 e. The summed E-state index contributed by atoms with van der Waals surface area (Å²) in [6, 6.07) is 0. The summed E-state index contributed by atoms with van der Waals surface area (Å²) in [4.78, 5) is 4.45. The van der Waals surface area contributed by atoms with Crippen molar-refractivity contribution < 1.29 is 12.6 Å². The van der Waals surface area contributed by atoms with E-state index in [-0.39, 0.29) is 12.4 Å². The summed E-state index contributed by atoms with van der Waals surface area (Å²) < 4.78 is 26.9. The zero-order valence-corrected chi connectivity index (χ0v) is 9.25. The minimum absolute atomic E-state index is 0.0144. The van der Waals surface area contributed by atoms with Crippen molar-refractivity contribution in [3.05, 3.63) is 15.5 Å². The average molecular weight is 242 g/mol. The first kappa shape index (κ1) is 10.9. The third-order valence-corrected chi connectivity index (χ3v) is 3.53. The fourth-order valence-corrected chi connectivity index (χ4v) is 2.02. The van der Waals surface area contributed by atoms with Crippen molar-refractivity contribution in [1.82, 2.24) is 4.98 Å². The minimum Gasteiger partial charge on any atom is -0.264 e.